The van der Waals surface area contributed by atoms with Crippen molar-refractivity contribution in [2.75, 3.05) is 119 Å². The molecular weight excluding hydrogens is 516 g/mol. The molecule has 0 fully saturated rings. The second-order valence-corrected chi connectivity index (χ2v) is 9.12. The average molecular weight is 569 g/mol. The number of hydrogen-bond acceptors (Lipinski definition) is 12. The van der Waals surface area contributed by atoms with Crippen LogP contribution in [0.15, 0.2) is 0 Å². The molecule has 1 amide bonds. The van der Waals surface area contributed by atoms with Crippen LogP contribution in [0.1, 0.15) is 33.6 Å². The van der Waals surface area contributed by atoms with E-state index in [1.165, 1.54) is 0 Å². The molecule has 3 N–H and O–H groups in total. The van der Waals surface area contributed by atoms with E-state index in [0.29, 0.717) is 119 Å². The number of rotatable bonds is 29. The molecule has 232 valence electrons. The van der Waals surface area contributed by atoms with Gasteiger partial charge in [0.1, 0.15) is 5.60 Å². The van der Waals surface area contributed by atoms with Gasteiger partial charge in [-0.1, -0.05) is 0 Å². The van der Waals surface area contributed by atoms with E-state index in [0.717, 1.165) is 0 Å². The van der Waals surface area contributed by atoms with Crippen molar-refractivity contribution in [1.82, 2.24) is 5.32 Å². The third-order valence-electron chi connectivity index (χ3n) is 4.41. The molecule has 0 unspecified atom stereocenters. The van der Waals surface area contributed by atoms with Crippen LogP contribution in [0.3, 0.4) is 0 Å². The quantitative estimate of drug-likeness (QED) is 0.0943. The number of ether oxygens (including phenoxy) is 9. The Morgan fingerprint density at radius 3 is 1.31 bits per heavy atom. The van der Waals surface area contributed by atoms with E-state index in [9.17, 15) is 9.59 Å². The lowest BCUT2D eigenvalue weighted by atomic mass is 10.2. The zero-order valence-corrected chi connectivity index (χ0v) is 24.2. The van der Waals surface area contributed by atoms with Crippen molar-refractivity contribution in [3.63, 3.8) is 0 Å². The van der Waals surface area contributed by atoms with Crippen molar-refractivity contribution < 1.29 is 52.2 Å². The lowest BCUT2D eigenvalue weighted by Crippen LogP contribution is -2.28. The molecule has 39 heavy (non-hydrogen) atoms. The predicted molar refractivity (Wildman–Crippen MR) is 144 cm³/mol. The molecule has 0 aromatic carbocycles. The number of carbonyl (C=O) groups excluding carboxylic acids is 2. The van der Waals surface area contributed by atoms with Gasteiger partial charge in [0.15, 0.2) is 0 Å². The molecule has 13 heteroatoms. The number of nitrogens with one attached hydrogen (secondary N) is 1. The summed E-state index contributed by atoms with van der Waals surface area (Å²) in [5, 5.41) is 2.77. The van der Waals surface area contributed by atoms with Crippen LogP contribution in [0.2, 0.25) is 0 Å². The van der Waals surface area contributed by atoms with E-state index in [1.54, 1.807) is 0 Å². The van der Waals surface area contributed by atoms with Gasteiger partial charge >= 0.3 is 5.97 Å². The fraction of sp³-hybridized carbons (Fsp3) is 0.923. The first-order valence-corrected chi connectivity index (χ1v) is 13.7. The van der Waals surface area contributed by atoms with Gasteiger partial charge in [0, 0.05) is 19.5 Å². The fourth-order valence-corrected chi connectivity index (χ4v) is 2.67. The van der Waals surface area contributed by atoms with Crippen LogP contribution in [0.4, 0.5) is 0 Å². The number of carbonyl (C=O) groups is 2. The third kappa shape index (κ3) is 32.7. The first kappa shape index (κ1) is 37.6. The zero-order chi connectivity index (χ0) is 28.9. The van der Waals surface area contributed by atoms with E-state index in [-0.39, 0.29) is 24.7 Å². The summed E-state index contributed by atoms with van der Waals surface area (Å²) in [6.45, 7) is 13.5. The minimum Gasteiger partial charge on any atom is -0.460 e. The lowest BCUT2D eigenvalue weighted by molar-refractivity contribution is -0.156. The Labute approximate surface area is 233 Å². The monoisotopic (exact) mass is 568 g/mol. The molecule has 0 saturated heterocycles. The van der Waals surface area contributed by atoms with E-state index in [4.69, 9.17) is 48.4 Å². The summed E-state index contributed by atoms with van der Waals surface area (Å²) in [6, 6.07) is 0. The Morgan fingerprint density at radius 2 is 0.897 bits per heavy atom. The van der Waals surface area contributed by atoms with Gasteiger partial charge in [-0.15, -0.1) is 0 Å². The third-order valence-corrected chi connectivity index (χ3v) is 4.41. The largest absolute Gasteiger partial charge is 0.460 e. The normalized spacial score (nSPS) is 11.6. The fourth-order valence-electron chi connectivity index (χ4n) is 2.67. The first-order chi connectivity index (χ1) is 18.8. The molecule has 0 aliphatic heterocycles. The van der Waals surface area contributed by atoms with E-state index < -0.39 is 5.60 Å². The maximum atomic E-state index is 11.8. The summed E-state index contributed by atoms with van der Waals surface area (Å²) in [4.78, 5) is 23.3. The van der Waals surface area contributed by atoms with Crippen LogP contribution < -0.4 is 11.1 Å². The van der Waals surface area contributed by atoms with Crippen molar-refractivity contribution in [2.45, 2.75) is 39.2 Å². The summed E-state index contributed by atoms with van der Waals surface area (Å²) >= 11 is 0. The molecule has 0 aliphatic carbocycles. The maximum Gasteiger partial charge on any atom is 0.308 e. The Bertz CT molecular complexity index is 563. The summed E-state index contributed by atoms with van der Waals surface area (Å²) in [7, 11) is 0. The van der Waals surface area contributed by atoms with Gasteiger partial charge in [-0.2, -0.15) is 0 Å². The summed E-state index contributed by atoms with van der Waals surface area (Å²) in [6.07, 6.45) is 0.504. The highest BCUT2D eigenvalue weighted by atomic mass is 16.6. The lowest BCUT2D eigenvalue weighted by Gasteiger charge is -2.19. The van der Waals surface area contributed by atoms with Crippen LogP contribution in [0.25, 0.3) is 0 Å². The highest BCUT2D eigenvalue weighted by Crippen LogP contribution is 2.08. The van der Waals surface area contributed by atoms with Gasteiger partial charge in [-0.25, -0.2) is 0 Å². The predicted octanol–water partition coefficient (Wildman–Crippen LogP) is 0.316. The molecule has 0 heterocycles. The molecule has 0 spiro atoms. The number of hydrogen-bond donors (Lipinski definition) is 2. The molecule has 0 aliphatic rings. The molecule has 0 bridgehead atoms. The topological polar surface area (TPSA) is 155 Å². The van der Waals surface area contributed by atoms with Crippen LogP contribution in [0, 0.1) is 0 Å². The SMILES string of the molecule is CC(C)(C)OC(=O)CCOCCOCCOCCOCCNC(=O)CCOCCOCCOCCOCCN. The molecule has 13 nitrogen and oxygen atoms in total. The number of amides is 1. The van der Waals surface area contributed by atoms with Gasteiger partial charge in [0.2, 0.25) is 5.91 Å². The van der Waals surface area contributed by atoms with Gasteiger partial charge in [-0.3, -0.25) is 9.59 Å². The van der Waals surface area contributed by atoms with E-state index in [2.05, 4.69) is 5.32 Å². The van der Waals surface area contributed by atoms with Crippen LogP contribution in [0.5, 0.6) is 0 Å². The highest BCUT2D eigenvalue weighted by molar-refractivity contribution is 5.75. The second kappa shape index (κ2) is 28.1. The minimum atomic E-state index is -0.479. The van der Waals surface area contributed by atoms with Crippen molar-refractivity contribution >= 4 is 11.9 Å². The Hall–Kier alpha value is -1.42. The zero-order valence-electron chi connectivity index (χ0n) is 24.2. The maximum absolute atomic E-state index is 11.8. The summed E-state index contributed by atoms with van der Waals surface area (Å²) in [5.41, 5.74) is 4.83. The van der Waals surface area contributed by atoms with Crippen LogP contribution >= 0.6 is 0 Å². The molecular formula is C26H52N2O11. The molecule has 0 rings (SSSR count). The van der Waals surface area contributed by atoms with Gasteiger partial charge in [0.05, 0.1) is 112 Å². The standard InChI is InChI=1S/C26H52N2O11/c1-26(2,3)39-25(30)5-9-32-13-17-36-21-23-38-19-15-34-11-7-28-24(29)4-8-31-12-16-35-20-22-37-18-14-33-10-6-27/h4-23,27H2,1-3H3,(H,28,29). The van der Waals surface area contributed by atoms with Gasteiger partial charge < -0.3 is 53.7 Å². The molecule has 0 saturated carbocycles. The Balaban J connectivity index is 3.22. The number of esters is 1. The van der Waals surface area contributed by atoms with Crippen LogP contribution in [-0.4, -0.2) is 136 Å². The first-order valence-electron chi connectivity index (χ1n) is 13.7. The average Bonchev–Trinajstić information content (AvgIpc) is 2.88. The van der Waals surface area contributed by atoms with Crippen LogP contribution in [-0.2, 0) is 52.2 Å². The van der Waals surface area contributed by atoms with Crippen molar-refractivity contribution in [3.05, 3.63) is 0 Å². The van der Waals surface area contributed by atoms with Gasteiger partial charge in [0.25, 0.3) is 0 Å². The highest BCUT2D eigenvalue weighted by Gasteiger charge is 2.15. The Morgan fingerprint density at radius 1 is 0.538 bits per heavy atom. The van der Waals surface area contributed by atoms with Crippen molar-refractivity contribution in [1.29, 1.82) is 0 Å². The van der Waals surface area contributed by atoms with Crippen molar-refractivity contribution in [2.24, 2.45) is 5.73 Å². The molecule has 0 radical (unpaired) electrons. The molecule has 0 aromatic rings. The summed E-state index contributed by atoms with van der Waals surface area (Å²) in [5.74, 6) is -0.365. The van der Waals surface area contributed by atoms with Gasteiger partial charge in [-0.05, 0) is 20.8 Å². The molecule has 0 aromatic heterocycles. The van der Waals surface area contributed by atoms with E-state index >= 15 is 0 Å². The number of nitrogens with two attached hydrogens (primary N) is 1. The smallest absolute Gasteiger partial charge is 0.308 e. The van der Waals surface area contributed by atoms with E-state index in [1.807, 2.05) is 20.8 Å². The van der Waals surface area contributed by atoms with Crippen molar-refractivity contribution in [3.8, 4) is 0 Å². The minimum absolute atomic E-state index is 0.0907. The summed E-state index contributed by atoms with van der Waals surface area (Å²) < 4.78 is 48.1. The second-order valence-electron chi connectivity index (χ2n) is 9.12. The molecule has 0 atom stereocenters. The Kier molecular flexibility index (Phi) is 27.1.